The summed E-state index contributed by atoms with van der Waals surface area (Å²) >= 11 is 5.85. The molecule has 6 nitrogen and oxygen atoms in total. The van der Waals surface area contributed by atoms with E-state index in [-0.39, 0.29) is 5.28 Å². The SMILES string of the molecule is Cc1nc(Cl)nc(N(C)Cc2cnn(C)c2)c1N. The lowest BCUT2D eigenvalue weighted by Crippen LogP contribution is -2.20. The molecule has 0 saturated heterocycles. The number of hydrogen-bond acceptors (Lipinski definition) is 5. The lowest BCUT2D eigenvalue weighted by molar-refractivity contribution is 0.766. The average Bonchev–Trinajstić information content (AvgIpc) is 2.69. The Kier molecular flexibility index (Phi) is 3.38. The molecule has 0 aromatic carbocycles. The molecule has 2 N–H and O–H groups in total. The quantitative estimate of drug-likeness (QED) is 0.850. The van der Waals surface area contributed by atoms with Crippen molar-refractivity contribution < 1.29 is 0 Å². The van der Waals surface area contributed by atoms with E-state index in [1.807, 2.05) is 38.3 Å². The molecule has 0 spiro atoms. The minimum absolute atomic E-state index is 0.203. The minimum atomic E-state index is 0.203. The van der Waals surface area contributed by atoms with Gasteiger partial charge in [-0.15, -0.1) is 0 Å². The van der Waals surface area contributed by atoms with Gasteiger partial charge in [-0.25, -0.2) is 4.98 Å². The normalized spacial score (nSPS) is 10.7. The zero-order valence-corrected chi connectivity index (χ0v) is 11.3. The van der Waals surface area contributed by atoms with Crippen molar-refractivity contribution in [1.29, 1.82) is 0 Å². The van der Waals surface area contributed by atoms with Crippen molar-refractivity contribution in [2.75, 3.05) is 17.7 Å². The van der Waals surface area contributed by atoms with E-state index >= 15 is 0 Å². The van der Waals surface area contributed by atoms with Crippen LogP contribution in [0.3, 0.4) is 0 Å². The van der Waals surface area contributed by atoms with Crippen molar-refractivity contribution in [3.63, 3.8) is 0 Å². The molecule has 0 aliphatic rings. The summed E-state index contributed by atoms with van der Waals surface area (Å²) in [5.74, 6) is 0.636. The molecule has 2 aromatic rings. The summed E-state index contributed by atoms with van der Waals surface area (Å²) in [6.45, 7) is 2.47. The van der Waals surface area contributed by atoms with Crippen LogP contribution in [-0.4, -0.2) is 26.8 Å². The summed E-state index contributed by atoms with van der Waals surface area (Å²) in [5, 5.41) is 4.32. The van der Waals surface area contributed by atoms with E-state index in [0.29, 0.717) is 23.7 Å². The molecule has 2 aromatic heterocycles. The first-order valence-electron chi connectivity index (χ1n) is 5.45. The molecule has 0 amide bonds. The molecule has 0 saturated carbocycles. The molecule has 2 heterocycles. The number of nitrogens with zero attached hydrogens (tertiary/aromatic N) is 5. The second kappa shape index (κ2) is 4.81. The maximum atomic E-state index is 5.97. The van der Waals surface area contributed by atoms with Crippen LogP contribution in [0, 0.1) is 6.92 Å². The number of halogens is 1. The van der Waals surface area contributed by atoms with Crippen molar-refractivity contribution in [2.24, 2.45) is 7.05 Å². The maximum absolute atomic E-state index is 5.97. The Bertz CT molecular complexity index is 565. The Morgan fingerprint density at radius 3 is 2.78 bits per heavy atom. The van der Waals surface area contributed by atoms with Crippen molar-refractivity contribution in [2.45, 2.75) is 13.5 Å². The highest BCUT2D eigenvalue weighted by Crippen LogP contribution is 2.24. The average molecular weight is 267 g/mol. The van der Waals surface area contributed by atoms with Crippen LogP contribution in [0.5, 0.6) is 0 Å². The van der Waals surface area contributed by atoms with E-state index in [1.165, 1.54) is 0 Å². The maximum Gasteiger partial charge on any atom is 0.224 e. The van der Waals surface area contributed by atoms with Gasteiger partial charge in [0.05, 0.1) is 17.6 Å². The van der Waals surface area contributed by atoms with Gasteiger partial charge in [-0.2, -0.15) is 10.1 Å². The molecule has 0 atom stereocenters. The number of anilines is 2. The molecule has 0 radical (unpaired) electrons. The van der Waals surface area contributed by atoms with E-state index < -0.39 is 0 Å². The number of nitrogens with two attached hydrogens (primary N) is 1. The van der Waals surface area contributed by atoms with Gasteiger partial charge in [0.25, 0.3) is 0 Å². The molecule has 7 heteroatoms. The number of aromatic nitrogens is 4. The van der Waals surface area contributed by atoms with Crippen LogP contribution in [0.4, 0.5) is 11.5 Å². The predicted octanol–water partition coefficient (Wildman–Crippen LogP) is 1.39. The molecule has 0 bridgehead atoms. The first-order chi connectivity index (χ1) is 8.47. The number of aryl methyl sites for hydroxylation is 2. The largest absolute Gasteiger partial charge is 0.394 e. The van der Waals surface area contributed by atoms with Gasteiger partial charge in [-0.3, -0.25) is 4.68 Å². The third-order valence-electron chi connectivity index (χ3n) is 2.63. The summed E-state index contributed by atoms with van der Waals surface area (Å²) in [5.41, 5.74) is 8.27. The first kappa shape index (κ1) is 12.6. The van der Waals surface area contributed by atoms with E-state index in [4.69, 9.17) is 17.3 Å². The Morgan fingerprint density at radius 1 is 1.44 bits per heavy atom. The van der Waals surface area contributed by atoms with E-state index in [0.717, 1.165) is 5.56 Å². The molecule has 0 aliphatic heterocycles. The number of rotatable bonds is 3. The van der Waals surface area contributed by atoms with Gasteiger partial charge in [-0.1, -0.05) is 0 Å². The molecule has 0 unspecified atom stereocenters. The van der Waals surface area contributed by atoms with Crippen LogP contribution < -0.4 is 10.6 Å². The van der Waals surface area contributed by atoms with Crippen LogP contribution in [0.2, 0.25) is 5.28 Å². The second-order valence-corrected chi connectivity index (χ2v) is 4.53. The smallest absolute Gasteiger partial charge is 0.224 e. The molecular weight excluding hydrogens is 252 g/mol. The van der Waals surface area contributed by atoms with Gasteiger partial charge in [0.2, 0.25) is 5.28 Å². The van der Waals surface area contributed by atoms with Gasteiger partial charge < -0.3 is 10.6 Å². The van der Waals surface area contributed by atoms with Gasteiger partial charge in [0.15, 0.2) is 5.82 Å². The highest BCUT2D eigenvalue weighted by atomic mass is 35.5. The lowest BCUT2D eigenvalue weighted by Gasteiger charge is -2.19. The minimum Gasteiger partial charge on any atom is -0.394 e. The molecule has 18 heavy (non-hydrogen) atoms. The van der Waals surface area contributed by atoms with E-state index in [1.54, 1.807) is 4.68 Å². The molecule has 96 valence electrons. The van der Waals surface area contributed by atoms with Crippen molar-refractivity contribution in [3.8, 4) is 0 Å². The summed E-state index contributed by atoms with van der Waals surface area (Å²) in [6.07, 6.45) is 3.75. The fraction of sp³-hybridized carbons (Fsp3) is 0.364. The Hall–Kier alpha value is -1.82. The highest BCUT2D eigenvalue weighted by Gasteiger charge is 2.13. The zero-order valence-electron chi connectivity index (χ0n) is 10.6. The van der Waals surface area contributed by atoms with Crippen LogP contribution in [-0.2, 0) is 13.6 Å². The van der Waals surface area contributed by atoms with Crippen molar-refractivity contribution in [1.82, 2.24) is 19.7 Å². The monoisotopic (exact) mass is 266 g/mol. The molecular formula is C11H15ClN6. The lowest BCUT2D eigenvalue weighted by atomic mass is 10.3. The van der Waals surface area contributed by atoms with Crippen molar-refractivity contribution >= 4 is 23.1 Å². The fourth-order valence-corrected chi connectivity index (χ4v) is 1.93. The standard InChI is InChI=1S/C11H15ClN6/c1-7-9(13)10(16-11(12)15-7)17(2)5-8-4-14-18(3)6-8/h4,6H,5,13H2,1-3H3. The Balaban J connectivity index is 2.26. The third kappa shape index (κ3) is 2.53. The molecule has 2 rings (SSSR count). The van der Waals surface area contributed by atoms with Crippen LogP contribution in [0.25, 0.3) is 0 Å². The van der Waals surface area contributed by atoms with Gasteiger partial charge in [0.1, 0.15) is 0 Å². The summed E-state index contributed by atoms with van der Waals surface area (Å²) < 4.78 is 1.75. The van der Waals surface area contributed by atoms with Gasteiger partial charge in [0, 0.05) is 32.4 Å². The number of nitrogen functional groups attached to an aromatic ring is 1. The third-order valence-corrected chi connectivity index (χ3v) is 2.80. The number of hydrogen-bond donors (Lipinski definition) is 1. The second-order valence-electron chi connectivity index (χ2n) is 4.19. The Morgan fingerprint density at radius 2 is 2.17 bits per heavy atom. The van der Waals surface area contributed by atoms with Gasteiger partial charge >= 0.3 is 0 Å². The topological polar surface area (TPSA) is 72.9 Å². The van der Waals surface area contributed by atoms with Gasteiger partial charge in [-0.05, 0) is 18.5 Å². The zero-order chi connectivity index (χ0) is 13.3. The van der Waals surface area contributed by atoms with Crippen LogP contribution >= 0.6 is 11.6 Å². The fourth-order valence-electron chi connectivity index (χ4n) is 1.73. The summed E-state index contributed by atoms with van der Waals surface area (Å²) in [7, 11) is 3.78. The van der Waals surface area contributed by atoms with Crippen LogP contribution in [0.15, 0.2) is 12.4 Å². The predicted molar refractivity (Wildman–Crippen MR) is 71.5 cm³/mol. The van der Waals surface area contributed by atoms with E-state index in [9.17, 15) is 0 Å². The summed E-state index contributed by atoms with van der Waals surface area (Å²) in [4.78, 5) is 10.1. The first-order valence-corrected chi connectivity index (χ1v) is 5.83. The molecule has 0 fully saturated rings. The van der Waals surface area contributed by atoms with Crippen molar-refractivity contribution in [3.05, 3.63) is 28.9 Å². The van der Waals surface area contributed by atoms with E-state index in [2.05, 4.69) is 15.1 Å². The summed E-state index contributed by atoms with van der Waals surface area (Å²) in [6, 6.07) is 0. The highest BCUT2D eigenvalue weighted by molar-refractivity contribution is 6.28. The molecule has 0 aliphatic carbocycles. The van der Waals surface area contributed by atoms with Crippen LogP contribution in [0.1, 0.15) is 11.3 Å². The Labute approximate surface area is 110 Å².